The van der Waals surface area contributed by atoms with Gasteiger partial charge in [0.05, 0.1) is 0 Å². The Kier molecular flexibility index (Phi) is 2.96. The zero-order valence-corrected chi connectivity index (χ0v) is 10.6. The van der Waals surface area contributed by atoms with Crippen molar-refractivity contribution in [3.63, 3.8) is 0 Å². The Bertz CT molecular complexity index is 309. The predicted octanol–water partition coefficient (Wildman–Crippen LogP) is 2.68. The third kappa shape index (κ3) is 3.00. The molecule has 3 heteroatoms. The number of piperidine rings is 1. The van der Waals surface area contributed by atoms with Crippen LogP contribution in [0.2, 0.25) is 0 Å². The Morgan fingerprint density at radius 1 is 1.06 bits per heavy atom. The van der Waals surface area contributed by atoms with Gasteiger partial charge in [-0.05, 0) is 46.5 Å². The van der Waals surface area contributed by atoms with Gasteiger partial charge in [-0.1, -0.05) is 11.1 Å². The predicted molar refractivity (Wildman–Crippen MR) is 65.4 cm³/mol. The highest BCUT2D eigenvalue weighted by molar-refractivity contribution is 5.75. The number of hydrogen-bond acceptors (Lipinski definition) is 1. The Balaban J connectivity index is 1.84. The number of urea groups is 1. The number of hydrogen-bond donors (Lipinski definition) is 1. The van der Waals surface area contributed by atoms with E-state index in [0.29, 0.717) is 0 Å². The van der Waals surface area contributed by atoms with Crippen LogP contribution in [0, 0.1) is 0 Å². The standard InChI is InChI=1S/C13H22N2O/c1-13(2,3)14-12(16)15-8-6-11(7-9-15)10-4-5-10/h4-9H2,1-3H3,(H,14,16). The van der Waals surface area contributed by atoms with Crippen LogP contribution >= 0.6 is 0 Å². The molecule has 1 saturated carbocycles. The fraction of sp³-hybridized carbons (Fsp3) is 0.769. The zero-order chi connectivity index (χ0) is 11.8. The molecule has 0 spiro atoms. The number of carbonyl (C=O) groups excluding carboxylic acids is 1. The number of likely N-dealkylation sites (tertiary alicyclic amines) is 1. The largest absolute Gasteiger partial charge is 0.333 e. The maximum atomic E-state index is 11.9. The molecule has 1 aliphatic carbocycles. The number of rotatable bonds is 0. The summed E-state index contributed by atoms with van der Waals surface area (Å²) in [5.74, 6) is 0. The second-order valence-electron chi connectivity index (χ2n) is 5.87. The van der Waals surface area contributed by atoms with Crippen LogP contribution in [0.15, 0.2) is 11.1 Å². The first-order valence-electron chi connectivity index (χ1n) is 6.22. The molecule has 1 heterocycles. The number of amides is 2. The van der Waals surface area contributed by atoms with Gasteiger partial charge in [-0.2, -0.15) is 0 Å². The lowest BCUT2D eigenvalue weighted by molar-refractivity contribution is 0.184. The van der Waals surface area contributed by atoms with Crippen molar-refractivity contribution in [2.45, 2.75) is 52.0 Å². The maximum absolute atomic E-state index is 11.9. The van der Waals surface area contributed by atoms with Gasteiger partial charge in [0.25, 0.3) is 0 Å². The van der Waals surface area contributed by atoms with Crippen LogP contribution < -0.4 is 5.32 Å². The van der Waals surface area contributed by atoms with Gasteiger partial charge in [-0.25, -0.2) is 4.79 Å². The van der Waals surface area contributed by atoms with Crippen molar-refractivity contribution in [3.05, 3.63) is 11.1 Å². The van der Waals surface area contributed by atoms with E-state index >= 15 is 0 Å². The molecule has 0 atom stereocenters. The normalized spacial score (nSPS) is 21.1. The van der Waals surface area contributed by atoms with E-state index in [0.717, 1.165) is 25.9 Å². The first kappa shape index (κ1) is 11.5. The summed E-state index contributed by atoms with van der Waals surface area (Å²) in [6.07, 6.45) is 4.80. The molecule has 0 aromatic carbocycles. The first-order valence-corrected chi connectivity index (χ1v) is 6.22. The minimum atomic E-state index is -0.133. The Morgan fingerprint density at radius 2 is 1.56 bits per heavy atom. The van der Waals surface area contributed by atoms with Gasteiger partial charge in [0.15, 0.2) is 0 Å². The van der Waals surface area contributed by atoms with Crippen molar-refractivity contribution in [1.29, 1.82) is 0 Å². The molecule has 0 radical (unpaired) electrons. The van der Waals surface area contributed by atoms with E-state index in [-0.39, 0.29) is 11.6 Å². The summed E-state index contributed by atoms with van der Waals surface area (Å²) in [6, 6.07) is 0.0901. The lowest BCUT2D eigenvalue weighted by Crippen LogP contribution is -2.50. The summed E-state index contributed by atoms with van der Waals surface area (Å²) in [5, 5.41) is 3.02. The molecule has 0 bridgehead atoms. The van der Waals surface area contributed by atoms with Crippen LogP contribution in [0.25, 0.3) is 0 Å². The van der Waals surface area contributed by atoms with Crippen LogP contribution in [0.4, 0.5) is 4.79 Å². The zero-order valence-electron chi connectivity index (χ0n) is 10.6. The lowest BCUT2D eigenvalue weighted by Gasteiger charge is -2.32. The minimum Gasteiger partial charge on any atom is -0.333 e. The fourth-order valence-corrected chi connectivity index (χ4v) is 2.15. The van der Waals surface area contributed by atoms with Crippen LogP contribution in [-0.2, 0) is 0 Å². The molecule has 0 unspecified atom stereocenters. The Labute approximate surface area is 97.9 Å². The van der Waals surface area contributed by atoms with E-state index in [4.69, 9.17) is 0 Å². The highest BCUT2D eigenvalue weighted by atomic mass is 16.2. The van der Waals surface area contributed by atoms with Gasteiger partial charge < -0.3 is 10.2 Å². The average Bonchev–Trinajstić information content (AvgIpc) is 2.98. The summed E-state index contributed by atoms with van der Waals surface area (Å²) < 4.78 is 0. The molecule has 1 saturated heterocycles. The summed E-state index contributed by atoms with van der Waals surface area (Å²) in [5.41, 5.74) is 3.16. The molecule has 2 amide bonds. The molecule has 90 valence electrons. The van der Waals surface area contributed by atoms with E-state index in [9.17, 15) is 4.79 Å². The molecule has 0 aromatic rings. The first-order chi connectivity index (χ1) is 7.46. The number of nitrogens with zero attached hydrogens (tertiary/aromatic N) is 1. The third-order valence-electron chi connectivity index (χ3n) is 3.14. The van der Waals surface area contributed by atoms with Gasteiger partial charge >= 0.3 is 6.03 Å². The van der Waals surface area contributed by atoms with E-state index in [1.165, 1.54) is 12.8 Å². The molecular formula is C13H22N2O. The monoisotopic (exact) mass is 222 g/mol. The van der Waals surface area contributed by atoms with Gasteiger partial charge in [-0.15, -0.1) is 0 Å². The van der Waals surface area contributed by atoms with Crippen molar-refractivity contribution >= 4 is 6.03 Å². The highest BCUT2D eigenvalue weighted by Crippen LogP contribution is 2.35. The molecule has 3 nitrogen and oxygen atoms in total. The van der Waals surface area contributed by atoms with E-state index in [2.05, 4.69) is 5.32 Å². The molecule has 2 aliphatic rings. The third-order valence-corrected chi connectivity index (χ3v) is 3.14. The van der Waals surface area contributed by atoms with Crippen molar-refractivity contribution in [2.24, 2.45) is 0 Å². The number of allylic oxidation sites excluding steroid dienone is 1. The van der Waals surface area contributed by atoms with Gasteiger partial charge in [0.2, 0.25) is 0 Å². The Hall–Kier alpha value is -0.990. The number of nitrogens with one attached hydrogen (secondary N) is 1. The summed E-state index contributed by atoms with van der Waals surface area (Å²) in [6.45, 7) is 7.84. The molecule has 0 aromatic heterocycles. The van der Waals surface area contributed by atoms with Crippen LogP contribution in [-0.4, -0.2) is 29.6 Å². The van der Waals surface area contributed by atoms with Crippen molar-refractivity contribution in [3.8, 4) is 0 Å². The highest BCUT2D eigenvalue weighted by Gasteiger charge is 2.25. The fourth-order valence-electron chi connectivity index (χ4n) is 2.15. The second-order valence-corrected chi connectivity index (χ2v) is 5.87. The molecule has 1 aliphatic heterocycles. The molecule has 1 N–H and O–H groups in total. The second kappa shape index (κ2) is 4.11. The average molecular weight is 222 g/mol. The summed E-state index contributed by atoms with van der Waals surface area (Å²) in [4.78, 5) is 13.8. The van der Waals surface area contributed by atoms with Crippen LogP contribution in [0.3, 0.4) is 0 Å². The summed E-state index contributed by atoms with van der Waals surface area (Å²) in [7, 11) is 0. The SMILES string of the molecule is CC(C)(C)NC(=O)N1CCC(=C2CC2)CC1. The van der Waals surface area contributed by atoms with Crippen molar-refractivity contribution in [1.82, 2.24) is 10.2 Å². The smallest absolute Gasteiger partial charge is 0.317 e. The van der Waals surface area contributed by atoms with Crippen LogP contribution in [0.5, 0.6) is 0 Å². The van der Waals surface area contributed by atoms with Crippen LogP contribution in [0.1, 0.15) is 46.5 Å². The molecular weight excluding hydrogens is 200 g/mol. The van der Waals surface area contributed by atoms with Gasteiger partial charge in [-0.3, -0.25) is 0 Å². The lowest BCUT2D eigenvalue weighted by atomic mass is 10.0. The van der Waals surface area contributed by atoms with Gasteiger partial charge in [0, 0.05) is 18.6 Å². The summed E-state index contributed by atoms with van der Waals surface area (Å²) >= 11 is 0. The quantitative estimate of drug-likeness (QED) is 0.628. The minimum absolute atomic E-state index is 0.0901. The van der Waals surface area contributed by atoms with E-state index in [1.807, 2.05) is 25.7 Å². The molecule has 2 rings (SSSR count). The number of carbonyl (C=O) groups is 1. The topological polar surface area (TPSA) is 32.3 Å². The van der Waals surface area contributed by atoms with E-state index < -0.39 is 0 Å². The molecule has 16 heavy (non-hydrogen) atoms. The van der Waals surface area contributed by atoms with Crippen molar-refractivity contribution < 1.29 is 4.79 Å². The van der Waals surface area contributed by atoms with Crippen molar-refractivity contribution in [2.75, 3.05) is 13.1 Å². The molecule has 2 fully saturated rings. The Morgan fingerprint density at radius 3 is 2.00 bits per heavy atom. The van der Waals surface area contributed by atoms with Gasteiger partial charge in [0.1, 0.15) is 0 Å². The van der Waals surface area contributed by atoms with E-state index in [1.54, 1.807) is 11.1 Å². The maximum Gasteiger partial charge on any atom is 0.317 e.